The first-order valence-electron chi connectivity index (χ1n) is 15.6. The lowest BCUT2D eigenvalue weighted by molar-refractivity contribution is 0.354. The van der Waals surface area contributed by atoms with E-state index in [1.54, 1.807) is 0 Å². The highest BCUT2D eigenvalue weighted by molar-refractivity contribution is 5.56. The molecule has 0 atom stereocenters. The zero-order valence-electron chi connectivity index (χ0n) is 25.5. The summed E-state index contributed by atoms with van der Waals surface area (Å²) >= 11 is 0. The normalized spacial score (nSPS) is 11.3. The SMILES string of the molecule is CCCCN.c1ccc(C(NC(c2ccccc2)(c2ccccc2)c2ccccc2)(c2ccccc2)c2ccccc2)cc1. The summed E-state index contributed by atoms with van der Waals surface area (Å²) in [5, 5.41) is 4.38. The first-order chi connectivity index (χ1) is 21.8. The van der Waals surface area contributed by atoms with Crippen molar-refractivity contribution in [2.75, 3.05) is 6.54 Å². The molecular formula is C42H42N2. The average molecular weight is 575 g/mol. The van der Waals surface area contributed by atoms with Gasteiger partial charge in [-0.1, -0.05) is 195 Å². The molecule has 6 rings (SSSR count). The Bertz CT molecular complexity index is 1320. The first-order valence-corrected chi connectivity index (χ1v) is 15.6. The van der Waals surface area contributed by atoms with E-state index < -0.39 is 11.1 Å². The van der Waals surface area contributed by atoms with Crippen LogP contribution in [0.15, 0.2) is 182 Å². The lowest BCUT2D eigenvalue weighted by atomic mass is 9.70. The summed E-state index contributed by atoms with van der Waals surface area (Å²) in [6, 6.07) is 64.9. The standard InChI is InChI=1S/C38H31N.C4H11N/c1-7-19-31(20-8-1)37(32-21-9-2-10-22-32,33-23-11-3-12-24-33)39-38(34-25-13-4-14-26-34,35-27-15-5-16-28-35)36-29-17-6-18-30-36;1-2-3-4-5/h1-30,39H;2-5H2,1H3. The third-order valence-electron chi connectivity index (χ3n) is 8.17. The van der Waals surface area contributed by atoms with Gasteiger partial charge in [0.2, 0.25) is 0 Å². The van der Waals surface area contributed by atoms with Crippen molar-refractivity contribution in [1.82, 2.24) is 5.32 Å². The molecule has 2 nitrogen and oxygen atoms in total. The van der Waals surface area contributed by atoms with Gasteiger partial charge in [-0.05, 0) is 46.3 Å². The van der Waals surface area contributed by atoms with E-state index in [4.69, 9.17) is 5.73 Å². The van der Waals surface area contributed by atoms with Crippen LogP contribution in [0, 0.1) is 0 Å². The Morgan fingerprint density at radius 2 is 0.591 bits per heavy atom. The summed E-state index contributed by atoms with van der Waals surface area (Å²) in [7, 11) is 0. The summed E-state index contributed by atoms with van der Waals surface area (Å²) in [6.45, 7) is 2.98. The van der Waals surface area contributed by atoms with E-state index in [0.717, 1.165) is 6.54 Å². The van der Waals surface area contributed by atoms with Crippen LogP contribution in [0.1, 0.15) is 53.1 Å². The van der Waals surface area contributed by atoms with Crippen LogP contribution in [0.4, 0.5) is 0 Å². The average Bonchev–Trinajstić information content (AvgIpc) is 3.12. The minimum Gasteiger partial charge on any atom is -0.330 e. The van der Waals surface area contributed by atoms with Gasteiger partial charge in [-0.2, -0.15) is 0 Å². The van der Waals surface area contributed by atoms with E-state index in [0.29, 0.717) is 0 Å². The van der Waals surface area contributed by atoms with Gasteiger partial charge in [0.15, 0.2) is 0 Å². The number of unbranched alkanes of at least 4 members (excludes halogenated alkanes) is 1. The van der Waals surface area contributed by atoms with Gasteiger partial charge in [0.1, 0.15) is 0 Å². The Kier molecular flexibility index (Phi) is 10.5. The van der Waals surface area contributed by atoms with Crippen LogP contribution in [0.5, 0.6) is 0 Å². The van der Waals surface area contributed by atoms with Crippen LogP contribution in [-0.4, -0.2) is 6.54 Å². The van der Waals surface area contributed by atoms with Gasteiger partial charge >= 0.3 is 0 Å². The highest BCUT2D eigenvalue weighted by Crippen LogP contribution is 2.45. The van der Waals surface area contributed by atoms with Gasteiger partial charge in [-0.25, -0.2) is 0 Å². The Balaban J connectivity index is 0.000000712. The van der Waals surface area contributed by atoms with Crippen LogP contribution in [-0.2, 0) is 11.1 Å². The molecule has 0 aliphatic rings. The second-order valence-electron chi connectivity index (χ2n) is 11.0. The topological polar surface area (TPSA) is 38.0 Å². The van der Waals surface area contributed by atoms with Gasteiger partial charge in [0, 0.05) is 0 Å². The maximum Gasteiger partial charge on any atom is 0.0959 e. The summed E-state index contributed by atoms with van der Waals surface area (Å²) in [5.41, 5.74) is 10.8. The maximum absolute atomic E-state index is 5.14. The molecule has 6 aromatic carbocycles. The van der Waals surface area contributed by atoms with Crippen molar-refractivity contribution in [1.29, 1.82) is 0 Å². The predicted molar refractivity (Wildman–Crippen MR) is 186 cm³/mol. The van der Waals surface area contributed by atoms with Crippen molar-refractivity contribution in [3.63, 3.8) is 0 Å². The summed E-state index contributed by atoms with van der Waals surface area (Å²) in [5.74, 6) is 0. The molecule has 0 saturated carbocycles. The highest BCUT2D eigenvalue weighted by Gasteiger charge is 2.46. The van der Waals surface area contributed by atoms with Gasteiger partial charge in [-0.3, -0.25) is 5.32 Å². The molecule has 0 saturated heterocycles. The molecule has 6 aromatic rings. The Labute approximate surface area is 263 Å². The van der Waals surface area contributed by atoms with Crippen LogP contribution in [0.3, 0.4) is 0 Å². The maximum atomic E-state index is 5.14. The summed E-state index contributed by atoms with van der Waals surface area (Å²) in [6.07, 6.45) is 2.39. The molecule has 220 valence electrons. The molecule has 0 aliphatic heterocycles. The van der Waals surface area contributed by atoms with E-state index in [-0.39, 0.29) is 0 Å². The molecule has 0 unspecified atom stereocenters. The molecule has 0 amide bonds. The number of nitrogens with one attached hydrogen (secondary N) is 1. The quantitative estimate of drug-likeness (QED) is 0.160. The molecule has 0 bridgehead atoms. The van der Waals surface area contributed by atoms with E-state index in [1.807, 2.05) is 0 Å². The smallest absolute Gasteiger partial charge is 0.0959 e. The summed E-state index contributed by atoms with van der Waals surface area (Å²) in [4.78, 5) is 0. The highest BCUT2D eigenvalue weighted by atomic mass is 15.1. The van der Waals surface area contributed by atoms with Crippen molar-refractivity contribution >= 4 is 0 Å². The second-order valence-corrected chi connectivity index (χ2v) is 11.0. The molecule has 2 heteroatoms. The van der Waals surface area contributed by atoms with Crippen LogP contribution in [0.25, 0.3) is 0 Å². The monoisotopic (exact) mass is 574 g/mol. The molecule has 0 spiro atoms. The number of nitrogens with two attached hydrogens (primary N) is 1. The number of hydrogen-bond acceptors (Lipinski definition) is 2. The lowest BCUT2D eigenvalue weighted by Gasteiger charge is -2.47. The predicted octanol–water partition coefficient (Wildman–Crippen LogP) is 9.31. The Morgan fingerprint density at radius 3 is 0.727 bits per heavy atom. The molecular weight excluding hydrogens is 532 g/mol. The Hall–Kier alpha value is -4.76. The molecule has 0 aromatic heterocycles. The number of hydrogen-bond donors (Lipinski definition) is 2. The zero-order valence-corrected chi connectivity index (χ0v) is 25.5. The minimum atomic E-state index is -0.675. The van der Waals surface area contributed by atoms with Crippen LogP contribution < -0.4 is 11.1 Å². The fraction of sp³-hybridized carbons (Fsp3) is 0.143. The van der Waals surface area contributed by atoms with Gasteiger partial charge in [-0.15, -0.1) is 0 Å². The van der Waals surface area contributed by atoms with Crippen molar-refractivity contribution in [2.45, 2.75) is 30.8 Å². The number of benzene rings is 6. The third-order valence-corrected chi connectivity index (χ3v) is 8.17. The molecule has 3 N–H and O–H groups in total. The number of rotatable bonds is 10. The Morgan fingerprint density at radius 1 is 0.386 bits per heavy atom. The first kappa shape index (κ1) is 30.7. The zero-order chi connectivity index (χ0) is 30.5. The van der Waals surface area contributed by atoms with Gasteiger partial charge < -0.3 is 5.73 Å². The van der Waals surface area contributed by atoms with Crippen molar-refractivity contribution in [2.24, 2.45) is 5.73 Å². The molecule has 0 heterocycles. The van der Waals surface area contributed by atoms with Crippen LogP contribution >= 0.6 is 0 Å². The van der Waals surface area contributed by atoms with Gasteiger partial charge in [0.25, 0.3) is 0 Å². The van der Waals surface area contributed by atoms with Crippen molar-refractivity contribution in [3.05, 3.63) is 215 Å². The molecule has 0 radical (unpaired) electrons. The van der Waals surface area contributed by atoms with E-state index in [1.165, 1.54) is 46.2 Å². The van der Waals surface area contributed by atoms with E-state index >= 15 is 0 Å². The fourth-order valence-corrected chi connectivity index (χ4v) is 6.05. The van der Waals surface area contributed by atoms with E-state index in [9.17, 15) is 0 Å². The molecule has 44 heavy (non-hydrogen) atoms. The van der Waals surface area contributed by atoms with Gasteiger partial charge in [0.05, 0.1) is 11.1 Å². The van der Waals surface area contributed by atoms with E-state index in [2.05, 4.69) is 194 Å². The molecule has 0 aliphatic carbocycles. The lowest BCUT2D eigenvalue weighted by Crippen LogP contribution is -2.57. The fourth-order valence-electron chi connectivity index (χ4n) is 6.05. The summed E-state index contributed by atoms with van der Waals surface area (Å²) < 4.78 is 0. The molecule has 0 fully saturated rings. The van der Waals surface area contributed by atoms with Crippen LogP contribution in [0.2, 0.25) is 0 Å². The van der Waals surface area contributed by atoms with Crippen molar-refractivity contribution in [3.8, 4) is 0 Å². The third kappa shape index (κ3) is 6.43. The second kappa shape index (κ2) is 15.1. The van der Waals surface area contributed by atoms with Crippen molar-refractivity contribution < 1.29 is 0 Å². The largest absolute Gasteiger partial charge is 0.330 e. The minimum absolute atomic E-state index is 0.675.